The molecule has 0 radical (unpaired) electrons. The van der Waals surface area contributed by atoms with Crippen molar-refractivity contribution in [1.82, 2.24) is 9.55 Å². The summed E-state index contributed by atoms with van der Waals surface area (Å²) < 4.78 is 30.4. The number of nitrogens with two attached hydrogens (primary N) is 1. The number of hydrogen-bond donors (Lipinski definition) is 2. The van der Waals surface area contributed by atoms with Crippen molar-refractivity contribution in [3.8, 4) is 11.4 Å². The molecule has 1 aromatic heterocycles. The second kappa shape index (κ2) is 8.90. The molecule has 1 amide bonds. The molecule has 0 saturated carbocycles. The molecule has 3 aromatic rings. The summed E-state index contributed by atoms with van der Waals surface area (Å²) in [6.07, 6.45) is 3.52. The maximum absolute atomic E-state index is 12.4. The van der Waals surface area contributed by atoms with E-state index in [2.05, 4.69) is 16.4 Å². The van der Waals surface area contributed by atoms with Gasteiger partial charge >= 0.3 is 0 Å². The Labute approximate surface area is 179 Å². The molecule has 0 fully saturated rings. The Bertz CT molecular complexity index is 1170. The summed E-state index contributed by atoms with van der Waals surface area (Å²) in [5.41, 5.74) is 3.55. The van der Waals surface area contributed by atoms with Crippen LogP contribution in [0.5, 0.6) is 5.75 Å². The fourth-order valence-corrected chi connectivity index (χ4v) is 4.48. The van der Waals surface area contributed by atoms with Crippen molar-refractivity contribution in [3.63, 3.8) is 0 Å². The van der Waals surface area contributed by atoms with Crippen LogP contribution in [0.15, 0.2) is 58.8 Å². The fourth-order valence-electron chi connectivity index (χ4n) is 2.99. The zero-order chi connectivity index (χ0) is 21.9. The molecule has 2 aromatic carbocycles. The van der Waals surface area contributed by atoms with Gasteiger partial charge < -0.3 is 10.1 Å². The van der Waals surface area contributed by atoms with E-state index in [0.717, 1.165) is 16.8 Å². The lowest BCUT2D eigenvalue weighted by Crippen LogP contribution is -2.17. The molecular weight excluding hydrogens is 424 g/mol. The number of sulfonamides is 1. The third-order valence-electron chi connectivity index (χ3n) is 4.18. The number of primary sulfonamides is 1. The lowest BCUT2D eigenvalue weighted by molar-refractivity contribution is -0.113. The van der Waals surface area contributed by atoms with Gasteiger partial charge in [-0.25, -0.2) is 18.5 Å². The number of imidazole rings is 1. The molecule has 3 rings (SSSR count). The highest BCUT2D eigenvalue weighted by atomic mass is 32.2. The number of rotatable bonds is 7. The number of hydrogen-bond acceptors (Lipinski definition) is 6. The van der Waals surface area contributed by atoms with E-state index in [1.165, 1.54) is 31.0 Å². The number of carbonyl (C=O) groups is 1. The summed E-state index contributed by atoms with van der Waals surface area (Å²) in [6.45, 7) is 4.05. The number of ether oxygens (including phenoxy) is 1. The summed E-state index contributed by atoms with van der Waals surface area (Å²) in [4.78, 5) is 16.5. The van der Waals surface area contributed by atoms with Crippen LogP contribution in [0, 0.1) is 13.8 Å². The van der Waals surface area contributed by atoms with Crippen LogP contribution >= 0.6 is 11.8 Å². The van der Waals surface area contributed by atoms with Crippen molar-refractivity contribution in [2.24, 2.45) is 5.14 Å². The SMILES string of the molecule is COc1ccc(NC(=O)CSc2nccn2-c2cc(C)cc(C)c2)cc1S(N)(=O)=O. The third-order valence-corrected chi connectivity index (χ3v) is 6.08. The minimum atomic E-state index is -3.99. The Kier molecular flexibility index (Phi) is 6.49. The van der Waals surface area contributed by atoms with E-state index in [1.807, 2.05) is 36.7 Å². The van der Waals surface area contributed by atoms with Gasteiger partial charge in [-0.05, 0) is 55.3 Å². The molecule has 0 saturated heterocycles. The summed E-state index contributed by atoms with van der Waals surface area (Å²) in [6, 6.07) is 10.4. The number of anilines is 1. The molecular formula is C20H22N4O4S2. The Morgan fingerprint density at radius 3 is 2.53 bits per heavy atom. The van der Waals surface area contributed by atoms with Gasteiger partial charge in [0.15, 0.2) is 5.16 Å². The first kappa shape index (κ1) is 21.9. The summed E-state index contributed by atoms with van der Waals surface area (Å²) in [5.74, 6) is -0.0979. The molecule has 0 unspecified atom stereocenters. The molecule has 0 aliphatic rings. The van der Waals surface area contributed by atoms with Gasteiger partial charge in [-0.1, -0.05) is 17.8 Å². The minimum absolute atomic E-state index is 0.0958. The summed E-state index contributed by atoms with van der Waals surface area (Å²) in [7, 11) is -2.65. The Morgan fingerprint density at radius 2 is 1.90 bits per heavy atom. The van der Waals surface area contributed by atoms with Crippen molar-refractivity contribution >= 4 is 33.4 Å². The number of carbonyl (C=O) groups excluding carboxylic acids is 1. The minimum Gasteiger partial charge on any atom is -0.495 e. The van der Waals surface area contributed by atoms with Crippen molar-refractivity contribution in [3.05, 3.63) is 59.9 Å². The van der Waals surface area contributed by atoms with Crippen molar-refractivity contribution in [2.75, 3.05) is 18.2 Å². The van der Waals surface area contributed by atoms with Gasteiger partial charge in [0.2, 0.25) is 15.9 Å². The quantitative estimate of drug-likeness (QED) is 0.539. The van der Waals surface area contributed by atoms with Crippen LogP contribution < -0.4 is 15.2 Å². The second-order valence-corrected chi connectivity index (χ2v) is 9.15. The largest absolute Gasteiger partial charge is 0.495 e. The maximum Gasteiger partial charge on any atom is 0.241 e. The predicted molar refractivity (Wildman–Crippen MR) is 117 cm³/mol. The predicted octanol–water partition coefficient (Wildman–Crippen LogP) is 2.88. The number of benzene rings is 2. The Morgan fingerprint density at radius 1 is 1.20 bits per heavy atom. The van der Waals surface area contributed by atoms with Crippen molar-refractivity contribution in [1.29, 1.82) is 0 Å². The number of amides is 1. The Balaban J connectivity index is 1.71. The molecule has 10 heteroatoms. The second-order valence-electron chi connectivity index (χ2n) is 6.67. The van der Waals surface area contributed by atoms with Gasteiger partial charge in [-0.15, -0.1) is 0 Å². The highest BCUT2D eigenvalue weighted by Crippen LogP contribution is 2.27. The molecule has 0 aliphatic heterocycles. The number of nitrogens with zero attached hydrogens (tertiary/aromatic N) is 2. The van der Waals surface area contributed by atoms with Gasteiger partial charge in [-0.3, -0.25) is 9.36 Å². The standard InChI is InChI=1S/C20H22N4O4S2/c1-13-8-14(2)10-16(9-13)24-7-6-22-20(24)29-12-19(25)23-15-4-5-17(28-3)18(11-15)30(21,26)27/h4-11H,12H2,1-3H3,(H,23,25)(H2,21,26,27). The van der Waals surface area contributed by atoms with E-state index in [0.29, 0.717) is 10.8 Å². The Hall–Kier alpha value is -2.82. The van der Waals surface area contributed by atoms with E-state index in [-0.39, 0.29) is 22.3 Å². The van der Waals surface area contributed by atoms with Crippen LogP contribution in [0.2, 0.25) is 0 Å². The van der Waals surface area contributed by atoms with Gasteiger partial charge in [0.05, 0.1) is 12.9 Å². The average molecular weight is 447 g/mol. The highest BCUT2D eigenvalue weighted by Gasteiger charge is 2.17. The highest BCUT2D eigenvalue weighted by molar-refractivity contribution is 7.99. The lowest BCUT2D eigenvalue weighted by Gasteiger charge is -2.11. The molecule has 0 atom stereocenters. The van der Waals surface area contributed by atoms with Gasteiger partial charge in [0.25, 0.3) is 0 Å². The zero-order valence-corrected chi connectivity index (χ0v) is 18.4. The van der Waals surface area contributed by atoms with Gasteiger partial charge in [-0.2, -0.15) is 0 Å². The van der Waals surface area contributed by atoms with E-state index < -0.39 is 10.0 Å². The molecule has 0 aliphatic carbocycles. The first-order chi connectivity index (χ1) is 14.2. The first-order valence-electron chi connectivity index (χ1n) is 8.93. The topological polar surface area (TPSA) is 116 Å². The summed E-state index contributed by atoms with van der Waals surface area (Å²) in [5, 5.41) is 8.56. The van der Waals surface area contributed by atoms with E-state index >= 15 is 0 Å². The number of aryl methyl sites for hydroxylation is 2. The van der Waals surface area contributed by atoms with Crippen LogP contribution in [-0.2, 0) is 14.8 Å². The van der Waals surface area contributed by atoms with E-state index in [4.69, 9.17) is 9.88 Å². The van der Waals surface area contributed by atoms with Crippen LogP contribution in [-0.4, -0.2) is 36.7 Å². The monoisotopic (exact) mass is 446 g/mol. The number of methoxy groups -OCH3 is 1. The average Bonchev–Trinajstić information content (AvgIpc) is 3.13. The molecule has 0 spiro atoms. The van der Waals surface area contributed by atoms with Crippen LogP contribution in [0.3, 0.4) is 0 Å². The molecule has 158 valence electrons. The van der Waals surface area contributed by atoms with Crippen LogP contribution in [0.25, 0.3) is 5.69 Å². The lowest BCUT2D eigenvalue weighted by atomic mass is 10.1. The van der Waals surface area contributed by atoms with Gasteiger partial charge in [0, 0.05) is 23.8 Å². The molecule has 1 heterocycles. The molecule has 3 N–H and O–H groups in total. The van der Waals surface area contributed by atoms with E-state index in [9.17, 15) is 13.2 Å². The smallest absolute Gasteiger partial charge is 0.241 e. The fraction of sp³-hybridized carbons (Fsp3) is 0.200. The third kappa shape index (κ3) is 5.21. The van der Waals surface area contributed by atoms with Crippen LogP contribution in [0.4, 0.5) is 5.69 Å². The zero-order valence-electron chi connectivity index (χ0n) is 16.7. The summed E-state index contributed by atoms with van der Waals surface area (Å²) >= 11 is 1.28. The van der Waals surface area contributed by atoms with Gasteiger partial charge in [0.1, 0.15) is 10.6 Å². The first-order valence-corrected chi connectivity index (χ1v) is 11.5. The molecule has 0 bridgehead atoms. The number of nitrogens with one attached hydrogen (secondary N) is 1. The maximum atomic E-state index is 12.4. The van der Waals surface area contributed by atoms with Crippen molar-refractivity contribution < 1.29 is 17.9 Å². The van der Waals surface area contributed by atoms with Crippen molar-refractivity contribution in [2.45, 2.75) is 23.9 Å². The molecule has 8 nitrogen and oxygen atoms in total. The van der Waals surface area contributed by atoms with Crippen LogP contribution in [0.1, 0.15) is 11.1 Å². The molecule has 30 heavy (non-hydrogen) atoms. The number of aromatic nitrogens is 2. The normalized spacial score (nSPS) is 11.3. The van der Waals surface area contributed by atoms with E-state index in [1.54, 1.807) is 12.3 Å². The number of thioether (sulfide) groups is 1.